The fourth-order valence-corrected chi connectivity index (χ4v) is 3.50. The number of anilines is 1. The van der Waals surface area contributed by atoms with Crippen LogP contribution in [0.4, 0.5) is 5.69 Å². The number of carbonyl (C=O) groups is 2. The lowest BCUT2D eigenvalue weighted by molar-refractivity contribution is 0.0941. The van der Waals surface area contributed by atoms with Crippen molar-refractivity contribution in [1.29, 1.82) is 0 Å². The maximum absolute atomic E-state index is 13.2. The molecule has 3 aromatic carbocycles. The van der Waals surface area contributed by atoms with Crippen LogP contribution in [0.5, 0.6) is 5.75 Å². The Balaban J connectivity index is 1.59. The highest BCUT2D eigenvalue weighted by Gasteiger charge is 2.19. The molecule has 6 heteroatoms. The maximum atomic E-state index is 13.2. The van der Waals surface area contributed by atoms with E-state index in [1.54, 1.807) is 37.4 Å². The Morgan fingerprint density at radius 1 is 0.848 bits per heavy atom. The summed E-state index contributed by atoms with van der Waals surface area (Å²) in [5.74, 6) is 0.314. The summed E-state index contributed by atoms with van der Waals surface area (Å²) in [6, 6.07) is 25.4. The molecule has 33 heavy (non-hydrogen) atoms. The molecular weight excluding hydrogens is 416 g/mol. The summed E-state index contributed by atoms with van der Waals surface area (Å²) in [4.78, 5) is 25.6. The van der Waals surface area contributed by atoms with E-state index in [1.807, 2.05) is 61.5 Å². The molecule has 1 heterocycles. The Hall–Kier alpha value is -4.32. The van der Waals surface area contributed by atoms with Gasteiger partial charge in [-0.25, -0.2) is 0 Å². The van der Waals surface area contributed by atoms with Gasteiger partial charge in [-0.3, -0.25) is 9.59 Å². The normalized spacial score (nSPS) is 11.5. The largest absolute Gasteiger partial charge is 0.497 e. The molecule has 166 valence electrons. The van der Waals surface area contributed by atoms with Crippen molar-refractivity contribution in [3.8, 4) is 5.75 Å². The van der Waals surface area contributed by atoms with Gasteiger partial charge >= 0.3 is 0 Å². The lowest BCUT2D eigenvalue weighted by atomic mass is 9.98. The van der Waals surface area contributed by atoms with E-state index in [1.165, 1.54) is 6.26 Å². The quantitative estimate of drug-likeness (QED) is 0.405. The van der Waals surface area contributed by atoms with Gasteiger partial charge in [-0.05, 0) is 60.0 Å². The van der Waals surface area contributed by atoms with Gasteiger partial charge < -0.3 is 19.8 Å². The number of carbonyl (C=O) groups excluding carboxylic acids is 2. The number of aryl methyl sites for hydroxylation is 1. The first-order valence-electron chi connectivity index (χ1n) is 10.5. The first-order chi connectivity index (χ1) is 16.0. The number of nitrogens with one attached hydrogen (secondary N) is 2. The van der Waals surface area contributed by atoms with Crippen molar-refractivity contribution in [3.05, 3.63) is 119 Å². The Bertz CT molecular complexity index is 1230. The summed E-state index contributed by atoms with van der Waals surface area (Å²) in [6.45, 7) is 1.86. The minimum absolute atomic E-state index is 0.202. The van der Waals surface area contributed by atoms with Crippen molar-refractivity contribution >= 4 is 17.5 Å². The van der Waals surface area contributed by atoms with Crippen LogP contribution in [0.2, 0.25) is 0 Å². The zero-order valence-corrected chi connectivity index (χ0v) is 18.4. The predicted octanol–water partition coefficient (Wildman–Crippen LogP) is 5.37. The van der Waals surface area contributed by atoms with Gasteiger partial charge in [0.15, 0.2) is 5.76 Å². The average Bonchev–Trinajstić information content (AvgIpc) is 3.40. The minimum Gasteiger partial charge on any atom is -0.497 e. The van der Waals surface area contributed by atoms with Gasteiger partial charge in [-0.2, -0.15) is 0 Å². The van der Waals surface area contributed by atoms with Crippen LogP contribution in [0.15, 0.2) is 95.6 Å². The highest BCUT2D eigenvalue weighted by Crippen LogP contribution is 2.25. The molecule has 4 rings (SSSR count). The van der Waals surface area contributed by atoms with Crippen LogP contribution < -0.4 is 15.4 Å². The van der Waals surface area contributed by atoms with Crippen molar-refractivity contribution in [2.45, 2.75) is 13.0 Å². The number of ether oxygens (including phenoxy) is 1. The van der Waals surface area contributed by atoms with E-state index in [-0.39, 0.29) is 23.6 Å². The number of amides is 2. The summed E-state index contributed by atoms with van der Waals surface area (Å²) in [5.41, 5.74) is 3.69. The Morgan fingerprint density at radius 2 is 1.58 bits per heavy atom. The van der Waals surface area contributed by atoms with Crippen LogP contribution >= 0.6 is 0 Å². The third-order valence-corrected chi connectivity index (χ3v) is 5.35. The van der Waals surface area contributed by atoms with Crippen molar-refractivity contribution in [2.75, 3.05) is 12.4 Å². The van der Waals surface area contributed by atoms with Gasteiger partial charge in [0, 0.05) is 11.3 Å². The second-order valence-electron chi connectivity index (χ2n) is 7.55. The molecule has 0 spiro atoms. The lowest BCUT2D eigenvalue weighted by Gasteiger charge is -2.21. The maximum Gasteiger partial charge on any atom is 0.291 e. The average molecular weight is 440 g/mol. The summed E-state index contributed by atoms with van der Waals surface area (Å²) < 4.78 is 10.4. The highest BCUT2D eigenvalue weighted by molar-refractivity contribution is 6.04. The molecule has 0 aliphatic rings. The van der Waals surface area contributed by atoms with Crippen LogP contribution in [0.1, 0.15) is 43.6 Å². The van der Waals surface area contributed by atoms with Gasteiger partial charge in [-0.1, -0.05) is 48.5 Å². The van der Waals surface area contributed by atoms with E-state index in [0.717, 1.165) is 22.4 Å². The van der Waals surface area contributed by atoms with Crippen molar-refractivity contribution in [2.24, 2.45) is 0 Å². The van der Waals surface area contributed by atoms with E-state index >= 15 is 0 Å². The number of hydrogen-bond donors (Lipinski definition) is 2. The van der Waals surface area contributed by atoms with Gasteiger partial charge in [0.25, 0.3) is 11.8 Å². The predicted molar refractivity (Wildman–Crippen MR) is 127 cm³/mol. The molecule has 0 saturated heterocycles. The molecule has 2 N–H and O–H groups in total. The van der Waals surface area contributed by atoms with Gasteiger partial charge in [0.1, 0.15) is 5.75 Å². The summed E-state index contributed by atoms with van der Waals surface area (Å²) in [7, 11) is 1.62. The standard InChI is InChI=1S/C27H24N2O4/c1-18-10-11-21(17-23(18)28-27(31)24-9-6-16-33-24)26(30)29-25(19-7-4-3-5-8-19)20-12-14-22(32-2)15-13-20/h3-17,25H,1-2H3,(H,28,31)(H,29,30). The zero-order valence-electron chi connectivity index (χ0n) is 18.4. The summed E-state index contributed by atoms with van der Waals surface area (Å²) in [5, 5.41) is 5.93. The van der Waals surface area contributed by atoms with Crippen LogP contribution in [0, 0.1) is 6.92 Å². The van der Waals surface area contributed by atoms with Crippen molar-refractivity contribution in [3.63, 3.8) is 0 Å². The van der Waals surface area contributed by atoms with E-state index in [2.05, 4.69) is 10.6 Å². The Morgan fingerprint density at radius 3 is 2.24 bits per heavy atom. The molecule has 1 unspecified atom stereocenters. The van der Waals surface area contributed by atoms with E-state index < -0.39 is 0 Å². The number of rotatable bonds is 7. The number of benzene rings is 3. The molecule has 6 nitrogen and oxygen atoms in total. The number of furan rings is 1. The van der Waals surface area contributed by atoms with Crippen LogP contribution in [0.3, 0.4) is 0 Å². The van der Waals surface area contributed by atoms with Crippen LogP contribution in [0.25, 0.3) is 0 Å². The lowest BCUT2D eigenvalue weighted by Crippen LogP contribution is -2.29. The third kappa shape index (κ3) is 5.13. The topological polar surface area (TPSA) is 80.6 Å². The van der Waals surface area contributed by atoms with E-state index in [4.69, 9.17) is 9.15 Å². The molecule has 4 aromatic rings. The van der Waals surface area contributed by atoms with E-state index in [0.29, 0.717) is 11.3 Å². The number of hydrogen-bond acceptors (Lipinski definition) is 4. The third-order valence-electron chi connectivity index (χ3n) is 5.35. The SMILES string of the molecule is COc1ccc(C(NC(=O)c2ccc(C)c(NC(=O)c3ccco3)c2)c2ccccc2)cc1. The van der Waals surface area contributed by atoms with E-state index in [9.17, 15) is 9.59 Å². The molecule has 2 amide bonds. The smallest absolute Gasteiger partial charge is 0.291 e. The molecule has 1 atom stereocenters. The molecular formula is C27H24N2O4. The van der Waals surface area contributed by atoms with Gasteiger partial charge in [0.2, 0.25) is 0 Å². The van der Waals surface area contributed by atoms with Crippen LogP contribution in [-0.2, 0) is 0 Å². The first kappa shape index (κ1) is 21.9. The fourth-order valence-electron chi connectivity index (χ4n) is 3.50. The van der Waals surface area contributed by atoms with Crippen LogP contribution in [-0.4, -0.2) is 18.9 Å². The summed E-state index contributed by atoms with van der Waals surface area (Å²) >= 11 is 0. The molecule has 0 aliphatic heterocycles. The number of methoxy groups -OCH3 is 1. The molecule has 0 saturated carbocycles. The van der Waals surface area contributed by atoms with Gasteiger partial charge in [-0.15, -0.1) is 0 Å². The molecule has 1 aromatic heterocycles. The van der Waals surface area contributed by atoms with Crippen molar-refractivity contribution < 1.29 is 18.7 Å². The molecule has 0 aliphatic carbocycles. The van der Waals surface area contributed by atoms with Crippen molar-refractivity contribution in [1.82, 2.24) is 5.32 Å². The molecule has 0 radical (unpaired) electrons. The molecule has 0 fully saturated rings. The fraction of sp³-hybridized carbons (Fsp3) is 0.111. The monoisotopic (exact) mass is 440 g/mol. The Kier molecular flexibility index (Phi) is 6.55. The van der Waals surface area contributed by atoms with Gasteiger partial charge in [0.05, 0.1) is 19.4 Å². The first-order valence-corrected chi connectivity index (χ1v) is 10.5. The zero-order chi connectivity index (χ0) is 23.2. The molecule has 0 bridgehead atoms. The summed E-state index contributed by atoms with van der Waals surface area (Å²) in [6.07, 6.45) is 1.44. The second kappa shape index (κ2) is 9.87. The minimum atomic E-state index is -0.374. The Labute approximate surface area is 192 Å². The highest BCUT2D eigenvalue weighted by atomic mass is 16.5. The second-order valence-corrected chi connectivity index (χ2v) is 7.55.